The van der Waals surface area contributed by atoms with Crippen LogP contribution in [0.3, 0.4) is 0 Å². The van der Waals surface area contributed by atoms with Gasteiger partial charge in [-0.1, -0.05) is 18.0 Å². The van der Waals surface area contributed by atoms with Gasteiger partial charge in [0.15, 0.2) is 0 Å². The molecule has 2 amide bonds. The number of urea groups is 1. The summed E-state index contributed by atoms with van der Waals surface area (Å²) >= 11 is 8.94. The van der Waals surface area contributed by atoms with Gasteiger partial charge in [0.1, 0.15) is 0 Å². The van der Waals surface area contributed by atoms with E-state index in [1.807, 2.05) is 0 Å². The normalized spacial score (nSPS) is 13.1. The molecule has 0 radical (unpaired) electrons. The van der Waals surface area contributed by atoms with Gasteiger partial charge in [0, 0.05) is 16.2 Å². The molecule has 1 aliphatic carbocycles. The number of carbonyl (C=O) groups excluding carboxylic acids is 1. The van der Waals surface area contributed by atoms with E-state index in [1.165, 1.54) is 19.3 Å². The van der Waals surface area contributed by atoms with Crippen LogP contribution in [0.25, 0.3) is 0 Å². The number of carbonyl (C=O) groups is 1. The third-order valence-electron chi connectivity index (χ3n) is 3.52. The first-order valence-electron chi connectivity index (χ1n) is 7.54. The number of anilines is 1. The van der Waals surface area contributed by atoms with Gasteiger partial charge in [-0.05, 0) is 65.4 Å². The van der Waals surface area contributed by atoms with Crippen LogP contribution in [-0.2, 0) is 12.8 Å². The molecule has 1 heterocycles. The Balaban J connectivity index is 0.000000174. The van der Waals surface area contributed by atoms with Gasteiger partial charge >= 0.3 is 6.03 Å². The van der Waals surface area contributed by atoms with E-state index in [-0.39, 0.29) is 5.56 Å². The van der Waals surface area contributed by atoms with Crippen LogP contribution in [0.2, 0.25) is 5.02 Å². The molecule has 0 saturated heterocycles. The van der Waals surface area contributed by atoms with E-state index >= 15 is 0 Å². The SMILES string of the molecule is NC(=O)Nc1ccc(Cl)c(Br)c1.O=c1cc2c(n[nH]1)CCCCC2. The van der Waals surface area contributed by atoms with Crippen molar-refractivity contribution in [2.24, 2.45) is 5.73 Å². The fourth-order valence-corrected chi connectivity index (χ4v) is 2.90. The summed E-state index contributed by atoms with van der Waals surface area (Å²) in [6.07, 6.45) is 5.69. The molecular formula is C16H18BrClN4O2. The zero-order chi connectivity index (χ0) is 17.5. The second kappa shape index (κ2) is 8.84. The number of hydrogen-bond acceptors (Lipinski definition) is 3. The van der Waals surface area contributed by atoms with Crippen LogP contribution in [0.15, 0.2) is 33.5 Å². The van der Waals surface area contributed by atoms with Gasteiger partial charge in [0.25, 0.3) is 5.56 Å². The molecule has 8 heteroatoms. The monoisotopic (exact) mass is 412 g/mol. The fourth-order valence-electron chi connectivity index (χ4n) is 2.40. The van der Waals surface area contributed by atoms with E-state index in [9.17, 15) is 9.59 Å². The number of primary amides is 1. The van der Waals surface area contributed by atoms with Gasteiger partial charge in [-0.15, -0.1) is 0 Å². The van der Waals surface area contributed by atoms with Crippen LogP contribution in [0.1, 0.15) is 30.5 Å². The number of nitrogens with two attached hydrogens (primary N) is 1. The summed E-state index contributed by atoms with van der Waals surface area (Å²) in [5, 5.41) is 9.53. The summed E-state index contributed by atoms with van der Waals surface area (Å²) in [6, 6.07) is 6.10. The van der Waals surface area contributed by atoms with Crippen molar-refractivity contribution in [2.75, 3.05) is 5.32 Å². The average Bonchev–Trinajstić information content (AvgIpc) is 2.76. The first-order valence-corrected chi connectivity index (χ1v) is 8.72. The summed E-state index contributed by atoms with van der Waals surface area (Å²) in [5.41, 5.74) is 7.69. The predicted octanol–water partition coefficient (Wildman–Crippen LogP) is 3.63. The minimum atomic E-state index is -0.593. The Hall–Kier alpha value is -1.86. The van der Waals surface area contributed by atoms with E-state index in [4.69, 9.17) is 17.3 Å². The highest BCUT2D eigenvalue weighted by Gasteiger charge is 2.08. The van der Waals surface area contributed by atoms with Crippen molar-refractivity contribution < 1.29 is 4.79 Å². The molecule has 0 unspecified atom stereocenters. The molecule has 0 spiro atoms. The predicted molar refractivity (Wildman–Crippen MR) is 98.5 cm³/mol. The van der Waals surface area contributed by atoms with E-state index in [0.29, 0.717) is 10.7 Å². The number of aryl methyl sites for hydroxylation is 2. The lowest BCUT2D eigenvalue weighted by Gasteiger charge is -2.02. The van der Waals surface area contributed by atoms with Gasteiger partial charge in [-0.25, -0.2) is 9.89 Å². The Labute approximate surface area is 152 Å². The number of benzene rings is 1. The van der Waals surface area contributed by atoms with Crippen molar-refractivity contribution in [3.05, 3.63) is 55.4 Å². The summed E-state index contributed by atoms with van der Waals surface area (Å²) in [6.45, 7) is 0. The molecule has 0 fully saturated rings. The topological polar surface area (TPSA) is 101 Å². The molecule has 4 N–H and O–H groups in total. The van der Waals surface area contributed by atoms with E-state index < -0.39 is 6.03 Å². The molecule has 1 aliphatic rings. The Morgan fingerprint density at radius 1 is 1.25 bits per heavy atom. The number of fused-ring (bicyclic) bond motifs is 1. The van der Waals surface area contributed by atoms with Gasteiger partial charge in [-0.2, -0.15) is 5.10 Å². The number of aromatic nitrogens is 2. The maximum atomic E-state index is 10.9. The van der Waals surface area contributed by atoms with Crippen molar-refractivity contribution in [3.8, 4) is 0 Å². The summed E-state index contributed by atoms with van der Waals surface area (Å²) in [5.74, 6) is 0. The number of halogens is 2. The summed E-state index contributed by atoms with van der Waals surface area (Å²) in [4.78, 5) is 21.4. The molecule has 0 saturated carbocycles. The lowest BCUT2D eigenvalue weighted by Crippen LogP contribution is -2.19. The van der Waals surface area contributed by atoms with Gasteiger partial charge in [0.05, 0.1) is 10.7 Å². The lowest BCUT2D eigenvalue weighted by atomic mass is 10.1. The Bertz CT molecular complexity index is 779. The standard InChI is InChI=1S/C9H12N2O.C7H6BrClN2O/c12-9-6-7-4-2-1-3-5-8(7)10-11-9;8-5-3-4(11-7(10)12)1-2-6(5)9/h6H,1-5H2,(H,11,12);1-3H,(H3,10,11,12). The zero-order valence-electron chi connectivity index (χ0n) is 12.9. The highest BCUT2D eigenvalue weighted by atomic mass is 79.9. The van der Waals surface area contributed by atoms with Crippen LogP contribution in [0, 0.1) is 0 Å². The molecule has 6 nitrogen and oxygen atoms in total. The fraction of sp³-hybridized carbons (Fsp3) is 0.312. The molecule has 2 aromatic rings. The maximum Gasteiger partial charge on any atom is 0.316 e. The van der Waals surface area contributed by atoms with Crippen LogP contribution < -0.4 is 16.6 Å². The van der Waals surface area contributed by atoms with Crippen molar-refractivity contribution in [2.45, 2.75) is 32.1 Å². The van der Waals surface area contributed by atoms with Gasteiger partial charge < -0.3 is 11.1 Å². The van der Waals surface area contributed by atoms with Crippen LogP contribution >= 0.6 is 27.5 Å². The number of nitrogens with zero attached hydrogens (tertiary/aromatic N) is 1. The van der Waals surface area contributed by atoms with Crippen LogP contribution in [0.4, 0.5) is 10.5 Å². The Kier molecular flexibility index (Phi) is 6.81. The molecule has 128 valence electrons. The smallest absolute Gasteiger partial charge is 0.316 e. The number of amides is 2. The van der Waals surface area contributed by atoms with E-state index in [2.05, 4.69) is 31.4 Å². The third kappa shape index (κ3) is 5.65. The van der Waals surface area contributed by atoms with Crippen molar-refractivity contribution in [3.63, 3.8) is 0 Å². The molecule has 0 atom stereocenters. The Morgan fingerprint density at radius 3 is 2.71 bits per heavy atom. The quantitative estimate of drug-likeness (QED) is 0.622. The average molecular weight is 414 g/mol. The van der Waals surface area contributed by atoms with Gasteiger partial charge in [0.2, 0.25) is 0 Å². The molecule has 0 bridgehead atoms. The van der Waals surface area contributed by atoms with Crippen molar-refractivity contribution >= 4 is 39.2 Å². The minimum Gasteiger partial charge on any atom is -0.351 e. The van der Waals surface area contributed by atoms with Crippen LogP contribution in [0.5, 0.6) is 0 Å². The lowest BCUT2D eigenvalue weighted by molar-refractivity contribution is 0.259. The van der Waals surface area contributed by atoms with Gasteiger partial charge in [-0.3, -0.25) is 4.79 Å². The van der Waals surface area contributed by atoms with Crippen molar-refractivity contribution in [1.82, 2.24) is 10.2 Å². The zero-order valence-corrected chi connectivity index (χ0v) is 15.3. The number of nitrogens with one attached hydrogen (secondary N) is 2. The molecule has 24 heavy (non-hydrogen) atoms. The number of aromatic amines is 1. The highest BCUT2D eigenvalue weighted by Crippen LogP contribution is 2.25. The minimum absolute atomic E-state index is 0.0735. The van der Waals surface area contributed by atoms with E-state index in [0.717, 1.165) is 28.6 Å². The largest absolute Gasteiger partial charge is 0.351 e. The van der Waals surface area contributed by atoms with Crippen molar-refractivity contribution in [1.29, 1.82) is 0 Å². The number of H-pyrrole nitrogens is 1. The molecule has 1 aromatic carbocycles. The first kappa shape index (κ1) is 18.5. The first-order chi connectivity index (χ1) is 11.5. The summed E-state index contributed by atoms with van der Waals surface area (Å²) < 4.78 is 0.718. The number of rotatable bonds is 1. The van der Waals surface area contributed by atoms with E-state index in [1.54, 1.807) is 24.3 Å². The maximum absolute atomic E-state index is 10.9. The molecular weight excluding hydrogens is 396 g/mol. The molecule has 3 rings (SSSR count). The van der Waals surface area contributed by atoms with Crippen LogP contribution in [-0.4, -0.2) is 16.2 Å². The second-order valence-electron chi connectivity index (χ2n) is 5.38. The third-order valence-corrected chi connectivity index (χ3v) is 4.74. The second-order valence-corrected chi connectivity index (χ2v) is 6.64. The Morgan fingerprint density at radius 2 is 2.00 bits per heavy atom. The summed E-state index contributed by atoms with van der Waals surface area (Å²) in [7, 11) is 0. The number of hydrogen-bond donors (Lipinski definition) is 3. The highest BCUT2D eigenvalue weighted by molar-refractivity contribution is 9.10. The molecule has 0 aliphatic heterocycles. The molecule has 1 aromatic heterocycles.